The Balaban J connectivity index is 1.75. The van der Waals surface area contributed by atoms with Gasteiger partial charge in [0, 0.05) is 18.8 Å². The number of phenolic OH excluding ortho intramolecular Hbond substituents is 1. The van der Waals surface area contributed by atoms with E-state index < -0.39 is 0 Å². The summed E-state index contributed by atoms with van der Waals surface area (Å²) in [5.74, 6) is 1.29. The van der Waals surface area contributed by atoms with Gasteiger partial charge in [0.2, 0.25) is 0 Å². The van der Waals surface area contributed by atoms with Crippen LogP contribution in [0.4, 0.5) is 5.69 Å². The number of amidine groups is 1. The van der Waals surface area contributed by atoms with Crippen LogP contribution in [-0.2, 0) is 6.42 Å². The number of nitrogens with zero attached hydrogens (tertiary/aromatic N) is 3. The zero-order chi connectivity index (χ0) is 17.1. The third-order valence-corrected chi connectivity index (χ3v) is 5.39. The zero-order valence-electron chi connectivity index (χ0n) is 13.7. The molecule has 0 radical (unpaired) electrons. The van der Waals surface area contributed by atoms with Gasteiger partial charge in [0.1, 0.15) is 5.75 Å². The van der Waals surface area contributed by atoms with Crippen LogP contribution in [-0.4, -0.2) is 34.0 Å². The maximum Gasteiger partial charge on any atom is 0.164 e. The van der Waals surface area contributed by atoms with Crippen molar-refractivity contribution in [2.75, 3.05) is 12.8 Å². The number of benzene rings is 2. The van der Waals surface area contributed by atoms with Gasteiger partial charge in [-0.1, -0.05) is 23.9 Å². The van der Waals surface area contributed by atoms with Crippen molar-refractivity contribution in [3.05, 3.63) is 59.2 Å². The maximum absolute atomic E-state index is 9.39. The predicted molar refractivity (Wildman–Crippen MR) is 98.8 cm³/mol. The van der Waals surface area contributed by atoms with Gasteiger partial charge in [-0.2, -0.15) is 5.26 Å². The molecule has 0 unspecified atom stereocenters. The molecule has 24 heavy (non-hydrogen) atoms. The molecular weight excluding hydrogens is 318 g/mol. The monoisotopic (exact) mass is 337 g/mol. The van der Waals surface area contributed by atoms with Gasteiger partial charge in [-0.15, -0.1) is 0 Å². The Hall–Kier alpha value is -2.45. The molecule has 0 amide bonds. The van der Waals surface area contributed by atoms with Crippen LogP contribution in [0.25, 0.3) is 0 Å². The fraction of sp³-hybridized carbons (Fsp3) is 0.263. The van der Waals surface area contributed by atoms with E-state index in [1.54, 1.807) is 30.0 Å². The van der Waals surface area contributed by atoms with Crippen molar-refractivity contribution in [1.29, 1.82) is 5.26 Å². The second-order valence-electron chi connectivity index (χ2n) is 5.95. The van der Waals surface area contributed by atoms with Crippen molar-refractivity contribution in [3.63, 3.8) is 0 Å². The first kappa shape index (κ1) is 16.4. The van der Waals surface area contributed by atoms with Crippen molar-refractivity contribution in [2.24, 2.45) is 4.99 Å². The van der Waals surface area contributed by atoms with Crippen molar-refractivity contribution in [2.45, 2.75) is 19.4 Å². The molecule has 122 valence electrons. The summed E-state index contributed by atoms with van der Waals surface area (Å²) < 4.78 is 0. The predicted octanol–water partition coefficient (Wildman–Crippen LogP) is 3.85. The van der Waals surface area contributed by atoms with E-state index in [0.717, 1.165) is 28.6 Å². The van der Waals surface area contributed by atoms with Crippen molar-refractivity contribution < 1.29 is 5.11 Å². The molecule has 2 aromatic carbocycles. The Morgan fingerprint density at radius 3 is 2.71 bits per heavy atom. The van der Waals surface area contributed by atoms with E-state index in [9.17, 15) is 5.11 Å². The van der Waals surface area contributed by atoms with Gasteiger partial charge in [0.05, 0.1) is 17.3 Å². The van der Waals surface area contributed by atoms with Crippen LogP contribution >= 0.6 is 11.8 Å². The summed E-state index contributed by atoms with van der Waals surface area (Å²) in [7, 11) is 2.07. The highest BCUT2D eigenvalue weighted by atomic mass is 32.2. The highest BCUT2D eigenvalue weighted by Gasteiger charge is 2.27. The minimum Gasteiger partial charge on any atom is -0.508 e. The lowest BCUT2D eigenvalue weighted by molar-refractivity contribution is 0.411. The van der Waals surface area contributed by atoms with Crippen LogP contribution in [0.1, 0.15) is 16.7 Å². The molecule has 5 heteroatoms. The van der Waals surface area contributed by atoms with Crippen LogP contribution in [0.2, 0.25) is 0 Å². The average Bonchev–Trinajstić information content (AvgIpc) is 2.92. The highest BCUT2D eigenvalue weighted by molar-refractivity contribution is 8.14. The molecule has 0 bridgehead atoms. The summed E-state index contributed by atoms with van der Waals surface area (Å²) in [5.41, 5.74) is 3.79. The first-order valence-corrected chi connectivity index (χ1v) is 8.78. The van der Waals surface area contributed by atoms with Crippen molar-refractivity contribution in [1.82, 2.24) is 4.90 Å². The topological polar surface area (TPSA) is 59.6 Å². The molecule has 3 rings (SSSR count). The lowest BCUT2D eigenvalue weighted by Crippen LogP contribution is -2.31. The summed E-state index contributed by atoms with van der Waals surface area (Å²) in [5, 5.41) is 19.3. The fourth-order valence-electron chi connectivity index (χ4n) is 2.71. The zero-order valence-corrected chi connectivity index (χ0v) is 14.5. The largest absolute Gasteiger partial charge is 0.508 e. The number of nitriles is 1. The number of hydrogen-bond donors (Lipinski definition) is 1. The second-order valence-corrected chi connectivity index (χ2v) is 6.94. The number of likely N-dealkylation sites (N-methyl/N-ethyl adjacent to an activating group) is 1. The Bertz CT molecular complexity index is 808. The minimum atomic E-state index is 0.298. The van der Waals surface area contributed by atoms with Crippen molar-refractivity contribution >= 4 is 22.6 Å². The molecule has 1 aliphatic rings. The van der Waals surface area contributed by atoms with E-state index in [1.807, 2.05) is 31.2 Å². The molecule has 0 saturated carbocycles. The molecule has 1 N–H and O–H groups in total. The van der Waals surface area contributed by atoms with Gasteiger partial charge in [-0.3, -0.25) is 0 Å². The maximum atomic E-state index is 9.39. The van der Waals surface area contributed by atoms with E-state index in [0.29, 0.717) is 17.4 Å². The summed E-state index contributed by atoms with van der Waals surface area (Å²) >= 11 is 1.76. The Morgan fingerprint density at radius 2 is 2.04 bits per heavy atom. The molecule has 0 aromatic heterocycles. The summed E-state index contributed by atoms with van der Waals surface area (Å²) in [6.07, 6.45) is 0.926. The SMILES string of the molecule is Cc1cc(C#N)ccc1N=C1SC[C@H](Cc2ccc(O)cc2)N1C. The summed E-state index contributed by atoms with van der Waals surface area (Å²) in [6, 6.07) is 15.5. The van der Waals surface area contributed by atoms with Crippen molar-refractivity contribution in [3.8, 4) is 11.8 Å². The van der Waals surface area contributed by atoms with Crippen LogP contribution in [0, 0.1) is 18.3 Å². The van der Waals surface area contributed by atoms with Gasteiger partial charge in [-0.05, 0) is 54.8 Å². The molecule has 2 aromatic rings. The molecule has 1 fully saturated rings. The minimum absolute atomic E-state index is 0.298. The van der Waals surface area contributed by atoms with Gasteiger partial charge in [0.25, 0.3) is 0 Å². The number of aryl methyl sites for hydroxylation is 1. The first-order valence-electron chi connectivity index (χ1n) is 7.80. The molecule has 1 heterocycles. The Kier molecular flexibility index (Phi) is 4.77. The van der Waals surface area contributed by atoms with E-state index in [4.69, 9.17) is 10.3 Å². The molecule has 0 aliphatic carbocycles. The van der Waals surface area contributed by atoms with Gasteiger partial charge in [-0.25, -0.2) is 4.99 Å². The molecule has 1 atom stereocenters. The molecule has 4 nitrogen and oxygen atoms in total. The number of thioether (sulfide) groups is 1. The molecule has 1 saturated heterocycles. The van der Waals surface area contributed by atoms with Crippen LogP contribution in [0.5, 0.6) is 5.75 Å². The summed E-state index contributed by atoms with van der Waals surface area (Å²) in [6.45, 7) is 1.98. The van der Waals surface area contributed by atoms with E-state index in [-0.39, 0.29) is 0 Å². The Morgan fingerprint density at radius 1 is 1.29 bits per heavy atom. The number of hydrogen-bond acceptors (Lipinski definition) is 4. The van der Waals surface area contributed by atoms with E-state index >= 15 is 0 Å². The van der Waals surface area contributed by atoms with Gasteiger partial charge < -0.3 is 10.0 Å². The van der Waals surface area contributed by atoms with Crippen LogP contribution in [0.15, 0.2) is 47.5 Å². The average molecular weight is 337 g/mol. The first-order chi connectivity index (χ1) is 11.6. The second kappa shape index (κ2) is 6.98. The normalized spacial score (nSPS) is 18.8. The number of aromatic hydroxyl groups is 1. The third kappa shape index (κ3) is 3.55. The smallest absolute Gasteiger partial charge is 0.164 e. The fourth-order valence-corrected chi connectivity index (χ4v) is 3.90. The van der Waals surface area contributed by atoms with Gasteiger partial charge >= 0.3 is 0 Å². The van der Waals surface area contributed by atoms with Crippen LogP contribution < -0.4 is 0 Å². The number of rotatable bonds is 3. The third-order valence-electron chi connectivity index (χ3n) is 4.20. The highest BCUT2D eigenvalue weighted by Crippen LogP contribution is 2.29. The lowest BCUT2D eigenvalue weighted by atomic mass is 10.1. The summed E-state index contributed by atoms with van der Waals surface area (Å²) in [4.78, 5) is 6.99. The quantitative estimate of drug-likeness (QED) is 0.924. The standard InChI is InChI=1S/C19H19N3OS/c1-13-9-15(11-20)5-8-18(13)21-19-22(2)16(12-24-19)10-14-3-6-17(23)7-4-14/h3-9,16,23H,10,12H2,1-2H3/t16-/m0/s1. The van der Waals surface area contributed by atoms with E-state index in [2.05, 4.69) is 18.0 Å². The van der Waals surface area contributed by atoms with Crippen LogP contribution in [0.3, 0.4) is 0 Å². The molecule has 1 aliphatic heterocycles. The number of phenols is 1. The Labute approximate surface area is 146 Å². The molecular formula is C19H19N3OS. The number of aliphatic imine (C=N–C) groups is 1. The van der Waals surface area contributed by atoms with Gasteiger partial charge in [0.15, 0.2) is 5.17 Å². The lowest BCUT2D eigenvalue weighted by Gasteiger charge is -2.21. The molecule has 0 spiro atoms. The van der Waals surface area contributed by atoms with E-state index in [1.165, 1.54) is 5.56 Å².